The second-order valence-electron chi connectivity index (χ2n) is 8.67. The van der Waals surface area contributed by atoms with E-state index in [9.17, 15) is 14.7 Å². The van der Waals surface area contributed by atoms with Crippen LogP contribution in [0.5, 0.6) is 0 Å². The summed E-state index contributed by atoms with van der Waals surface area (Å²) in [5.74, 6) is -1.42. The number of carbonyl (C=O) groups excluding carboxylic acids is 2. The van der Waals surface area contributed by atoms with Crippen molar-refractivity contribution >= 4 is 17.6 Å². The van der Waals surface area contributed by atoms with Gasteiger partial charge in [0, 0.05) is 19.8 Å². The van der Waals surface area contributed by atoms with Crippen molar-refractivity contribution in [2.75, 3.05) is 25.6 Å². The lowest BCUT2D eigenvalue weighted by molar-refractivity contribution is -0.149. The molecule has 2 atom stereocenters. The zero-order valence-electron chi connectivity index (χ0n) is 20.7. The van der Waals surface area contributed by atoms with Crippen LogP contribution >= 0.6 is 0 Å². The highest BCUT2D eigenvalue weighted by Gasteiger charge is 2.42. The Labute approximate surface area is 215 Å². The molecule has 0 radical (unpaired) electrons. The van der Waals surface area contributed by atoms with Crippen molar-refractivity contribution < 1.29 is 33.6 Å². The molecular formula is C29H29NO7. The van der Waals surface area contributed by atoms with Crippen molar-refractivity contribution in [1.29, 1.82) is 0 Å². The van der Waals surface area contributed by atoms with E-state index in [0.717, 1.165) is 16.8 Å². The first-order valence-electron chi connectivity index (χ1n) is 11.8. The van der Waals surface area contributed by atoms with E-state index in [1.54, 1.807) is 24.3 Å². The molecule has 3 aromatic carbocycles. The van der Waals surface area contributed by atoms with Gasteiger partial charge < -0.3 is 29.0 Å². The first-order valence-corrected chi connectivity index (χ1v) is 11.8. The van der Waals surface area contributed by atoms with Crippen LogP contribution in [0.25, 0.3) is 0 Å². The number of hydrogen-bond acceptors (Lipinski definition) is 8. The van der Waals surface area contributed by atoms with E-state index in [2.05, 4.69) is 0 Å². The number of carbonyl (C=O) groups is 2. The maximum Gasteiger partial charge on any atom is 0.378 e. The Balaban J connectivity index is 1.46. The smallest absolute Gasteiger partial charge is 0.378 e. The number of cyclic esters (lactones) is 1. The summed E-state index contributed by atoms with van der Waals surface area (Å²) < 4.78 is 22.4. The maximum absolute atomic E-state index is 12.7. The van der Waals surface area contributed by atoms with Gasteiger partial charge in [-0.25, -0.2) is 9.59 Å². The zero-order valence-corrected chi connectivity index (χ0v) is 20.7. The maximum atomic E-state index is 12.7. The molecule has 0 aliphatic carbocycles. The minimum atomic E-state index is -1.36. The first-order chi connectivity index (χ1) is 17.9. The van der Waals surface area contributed by atoms with E-state index in [-0.39, 0.29) is 24.7 Å². The molecule has 4 rings (SSSR count). The van der Waals surface area contributed by atoms with Gasteiger partial charge in [-0.3, -0.25) is 0 Å². The topological polar surface area (TPSA) is 94.5 Å². The van der Waals surface area contributed by atoms with Crippen LogP contribution in [0, 0.1) is 0 Å². The average Bonchev–Trinajstić information content (AvgIpc) is 3.25. The average molecular weight is 504 g/mol. The molecule has 2 unspecified atom stereocenters. The lowest BCUT2D eigenvalue weighted by atomic mass is 10.1. The minimum absolute atomic E-state index is 0.0590. The number of ether oxygens (including phenoxy) is 4. The molecule has 0 aromatic heterocycles. The van der Waals surface area contributed by atoms with Crippen molar-refractivity contribution in [2.45, 2.75) is 25.4 Å². The van der Waals surface area contributed by atoms with Gasteiger partial charge in [0.05, 0.1) is 5.56 Å². The second kappa shape index (κ2) is 12.1. The summed E-state index contributed by atoms with van der Waals surface area (Å²) in [6.07, 6.45) is -2.55. The third-order valence-corrected chi connectivity index (χ3v) is 5.72. The fraction of sp³-hybridized carbons (Fsp3) is 0.241. The summed E-state index contributed by atoms with van der Waals surface area (Å²) in [5, 5.41) is 10.8. The van der Waals surface area contributed by atoms with Gasteiger partial charge in [0.1, 0.15) is 25.9 Å². The number of benzene rings is 3. The number of rotatable bonds is 11. The number of aliphatic hydroxyl groups excluding tert-OH is 1. The van der Waals surface area contributed by atoms with Crippen molar-refractivity contribution in [3.63, 3.8) is 0 Å². The highest BCUT2D eigenvalue weighted by molar-refractivity contribution is 5.90. The summed E-state index contributed by atoms with van der Waals surface area (Å²) in [6, 6.07) is 25.6. The van der Waals surface area contributed by atoms with E-state index in [4.69, 9.17) is 18.9 Å². The monoisotopic (exact) mass is 503 g/mol. The molecule has 1 N–H and O–H groups in total. The Morgan fingerprint density at radius 3 is 2.03 bits per heavy atom. The van der Waals surface area contributed by atoms with Gasteiger partial charge in [-0.05, 0) is 35.4 Å². The van der Waals surface area contributed by atoms with Crippen molar-refractivity contribution in [2.24, 2.45) is 0 Å². The highest BCUT2D eigenvalue weighted by atomic mass is 16.6. The first kappa shape index (κ1) is 25.8. The van der Waals surface area contributed by atoms with Crippen LogP contribution in [0.3, 0.4) is 0 Å². The molecule has 192 valence electrons. The summed E-state index contributed by atoms with van der Waals surface area (Å²) in [7, 11) is 3.80. The number of nitrogens with zero attached hydrogens (tertiary/aromatic N) is 1. The van der Waals surface area contributed by atoms with Crippen LogP contribution in [-0.4, -0.2) is 50.0 Å². The lowest BCUT2D eigenvalue weighted by Gasteiger charge is -2.20. The second-order valence-corrected chi connectivity index (χ2v) is 8.67. The summed E-state index contributed by atoms with van der Waals surface area (Å²) in [4.78, 5) is 27.1. The van der Waals surface area contributed by atoms with E-state index in [0.29, 0.717) is 5.56 Å². The standard InChI is InChI=1S/C29H29NO7/c1-30(2)23-15-13-22(14-16-23)28(32)36-19-24(31)25-26(34-17-20-9-5-3-6-10-20)27(29(33)37-25)35-18-21-11-7-4-8-12-21/h3-16,24-25,31H,17-19H2,1-2H3. The lowest BCUT2D eigenvalue weighted by Crippen LogP contribution is -2.34. The van der Waals surface area contributed by atoms with Gasteiger partial charge in [-0.15, -0.1) is 0 Å². The molecule has 37 heavy (non-hydrogen) atoms. The predicted molar refractivity (Wildman–Crippen MR) is 136 cm³/mol. The SMILES string of the molecule is CN(C)c1ccc(C(=O)OCC(O)C2OC(=O)C(OCc3ccccc3)=C2OCc2ccccc2)cc1. The molecule has 1 aliphatic rings. The van der Waals surface area contributed by atoms with Crippen LogP contribution in [0.1, 0.15) is 21.5 Å². The molecule has 0 saturated heterocycles. The van der Waals surface area contributed by atoms with Gasteiger partial charge in [0.2, 0.25) is 5.76 Å². The Bertz CT molecular complexity index is 1220. The molecule has 0 amide bonds. The minimum Gasteiger partial charge on any atom is -0.485 e. The molecule has 0 spiro atoms. The molecule has 8 nitrogen and oxygen atoms in total. The van der Waals surface area contributed by atoms with Crippen molar-refractivity contribution in [3.8, 4) is 0 Å². The fourth-order valence-electron chi connectivity index (χ4n) is 3.68. The number of anilines is 1. The van der Waals surface area contributed by atoms with E-state index >= 15 is 0 Å². The molecule has 1 heterocycles. The van der Waals surface area contributed by atoms with Gasteiger partial charge >= 0.3 is 11.9 Å². The Hall–Kier alpha value is -4.30. The van der Waals surface area contributed by atoms with Crippen molar-refractivity contribution in [3.05, 3.63) is 113 Å². The van der Waals surface area contributed by atoms with Crippen LogP contribution in [-0.2, 0) is 37.0 Å². The van der Waals surface area contributed by atoms with Crippen LogP contribution in [0.15, 0.2) is 96.4 Å². The van der Waals surface area contributed by atoms with Gasteiger partial charge in [-0.2, -0.15) is 0 Å². The van der Waals surface area contributed by atoms with E-state index in [1.807, 2.05) is 79.7 Å². The molecule has 1 aliphatic heterocycles. The molecule has 0 saturated carbocycles. The fourth-order valence-corrected chi connectivity index (χ4v) is 3.68. The summed E-state index contributed by atoms with van der Waals surface area (Å²) >= 11 is 0. The van der Waals surface area contributed by atoms with Crippen LogP contribution < -0.4 is 4.90 Å². The summed E-state index contributed by atoms with van der Waals surface area (Å²) in [6.45, 7) is -0.160. The molecule has 3 aromatic rings. The van der Waals surface area contributed by atoms with Gasteiger partial charge in [-0.1, -0.05) is 60.7 Å². The third kappa shape index (κ3) is 6.68. The summed E-state index contributed by atoms with van der Waals surface area (Å²) in [5.41, 5.74) is 2.98. The Kier molecular flexibility index (Phi) is 8.43. The van der Waals surface area contributed by atoms with Crippen molar-refractivity contribution in [1.82, 2.24) is 0 Å². The zero-order chi connectivity index (χ0) is 26.2. The van der Waals surface area contributed by atoms with E-state index < -0.39 is 30.8 Å². The van der Waals surface area contributed by atoms with E-state index in [1.165, 1.54) is 0 Å². The predicted octanol–water partition coefficient (Wildman–Crippen LogP) is 3.84. The number of aliphatic hydroxyl groups is 1. The molecule has 0 bridgehead atoms. The largest absolute Gasteiger partial charge is 0.485 e. The Morgan fingerprint density at radius 2 is 1.46 bits per heavy atom. The third-order valence-electron chi connectivity index (χ3n) is 5.72. The normalized spacial score (nSPS) is 15.6. The molecule has 0 fully saturated rings. The van der Waals surface area contributed by atoms with Gasteiger partial charge in [0.25, 0.3) is 0 Å². The number of esters is 2. The molecular weight excluding hydrogens is 474 g/mol. The number of hydrogen-bond donors (Lipinski definition) is 1. The van der Waals surface area contributed by atoms with Gasteiger partial charge in [0.15, 0.2) is 11.9 Å². The van der Waals surface area contributed by atoms with Crippen LogP contribution in [0.2, 0.25) is 0 Å². The highest BCUT2D eigenvalue weighted by Crippen LogP contribution is 2.29. The quantitative estimate of drug-likeness (QED) is 0.395. The molecule has 8 heteroatoms. The van der Waals surface area contributed by atoms with Crippen LogP contribution in [0.4, 0.5) is 5.69 Å². The Morgan fingerprint density at radius 1 is 0.892 bits per heavy atom.